The molecule has 0 radical (unpaired) electrons. The number of furan rings is 1. The van der Waals surface area contributed by atoms with Crippen molar-refractivity contribution >= 4 is 32.6 Å². The van der Waals surface area contributed by atoms with Gasteiger partial charge in [-0.3, -0.25) is 14.0 Å². The Hall–Kier alpha value is -3.05. The number of hydrogen-bond donors (Lipinski definition) is 1. The van der Waals surface area contributed by atoms with Crippen LogP contribution < -0.4 is 9.62 Å². The van der Waals surface area contributed by atoms with Crippen LogP contribution in [0.15, 0.2) is 40.8 Å². The fourth-order valence-electron chi connectivity index (χ4n) is 4.36. The van der Waals surface area contributed by atoms with Crippen molar-refractivity contribution in [1.29, 1.82) is 0 Å². The molecule has 1 atom stereocenters. The SMILES string of the molecule is CNC(=O)c1c(-c2ccc(F)cc2)oc2cc3c(cc12)C(C)N(CC(F)F)CCN3S(C)(=O)=O. The monoisotopic (exact) mass is 495 g/mol. The molecule has 1 aromatic heterocycles. The molecular weight excluding hydrogens is 471 g/mol. The summed E-state index contributed by atoms with van der Waals surface area (Å²) >= 11 is 0. The lowest BCUT2D eigenvalue weighted by Gasteiger charge is -2.26. The van der Waals surface area contributed by atoms with E-state index in [4.69, 9.17) is 4.42 Å². The van der Waals surface area contributed by atoms with E-state index in [2.05, 4.69) is 5.32 Å². The van der Waals surface area contributed by atoms with Gasteiger partial charge >= 0.3 is 0 Å². The van der Waals surface area contributed by atoms with Gasteiger partial charge in [0.05, 0.1) is 24.1 Å². The summed E-state index contributed by atoms with van der Waals surface area (Å²) in [4.78, 5) is 14.4. The third-order valence-corrected chi connectivity index (χ3v) is 7.21. The molecule has 0 spiro atoms. The number of anilines is 1. The molecule has 0 saturated carbocycles. The highest BCUT2D eigenvalue weighted by atomic mass is 32.2. The van der Waals surface area contributed by atoms with Crippen LogP contribution in [0.1, 0.15) is 28.9 Å². The van der Waals surface area contributed by atoms with Gasteiger partial charge in [0.1, 0.15) is 17.2 Å². The molecule has 7 nitrogen and oxygen atoms in total. The highest BCUT2D eigenvalue weighted by Gasteiger charge is 2.33. The Kier molecular flexibility index (Phi) is 6.34. The van der Waals surface area contributed by atoms with Crippen molar-refractivity contribution in [3.63, 3.8) is 0 Å². The van der Waals surface area contributed by atoms with Gasteiger partial charge < -0.3 is 9.73 Å². The maximum absolute atomic E-state index is 13.5. The topological polar surface area (TPSA) is 82.9 Å². The minimum atomic E-state index is -3.73. The van der Waals surface area contributed by atoms with Gasteiger partial charge in [-0.1, -0.05) is 0 Å². The third-order valence-electron chi connectivity index (χ3n) is 6.03. The predicted octanol–water partition coefficient (Wildman–Crippen LogP) is 4.01. The minimum absolute atomic E-state index is 0.0117. The smallest absolute Gasteiger partial charge is 0.255 e. The normalized spacial score (nSPS) is 17.1. The third kappa shape index (κ3) is 4.37. The van der Waals surface area contributed by atoms with Crippen LogP contribution in [0.5, 0.6) is 0 Å². The molecule has 34 heavy (non-hydrogen) atoms. The predicted molar refractivity (Wildman–Crippen MR) is 123 cm³/mol. The molecule has 1 aliphatic rings. The lowest BCUT2D eigenvalue weighted by atomic mass is 9.99. The Balaban J connectivity index is 2.00. The molecule has 1 N–H and O–H groups in total. The molecule has 2 aromatic carbocycles. The van der Waals surface area contributed by atoms with Crippen LogP contribution >= 0.6 is 0 Å². The molecule has 2 heterocycles. The van der Waals surface area contributed by atoms with Crippen LogP contribution in [0, 0.1) is 5.82 Å². The van der Waals surface area contributed by atoms with Gasteiger partial charge in [-0.25, -0.2) is 21.6 Å². The number of nitrogens with one attached hydrogen (secondary N) is 1. The van der Waals surface area contributed by atoms with Crippen molar-refractivity contribution in [1.82, 2.24) is 10.2 Å². The molecule has 1 amide bonds. The molecule has 0 fully saturated rings. The Morgan fingerprint density at radius 2 is 1.88 bits per heavy atom. The van der Waals surface area contributed by atoms with Crippen LogP contribution in [0.4, 0.5) is 18.9 Å². The average molecular weight is 496 g/mol. The Bertz CT molecular complexity index is 1340. The van der Waals surface area contributed by atoms with E-state index in [0.29, 0.717) is 22.2 Å². The lowest BCUT2D eigenvalue weighted by Crippen LogP contribution is -2.37. The Morgan fingerprint density at radius 1 is 1.21 bits per heavy atom. The number of halogens is 3. The fraction of sp³-hybridized carbons (Fsp3) is 0.348. The number of rotatable bonds is 5. The van der Waals surface area contributed by atoms with Crippen LogP contribution in [-0.2, 0) is 10.0 Å². The van der Waals surface area contributed by atoms with Crippen LogP contribution in [0.25, 0.3) is 22.3 Å². The molecule has 4 rings (SSSR count). The average Bonchev–Trinajstić information content (AvgIpc) is 3.08. The first-order chi connectivity index (χ1) is 16.0. The van der Waals surface area contributed by atoms with Crippen LogP contribution in [0.2, 0.25) is 0 Å². The highest BCUT2D eigenvalue weighted by molar-refractivity contribution is 7.92. The Labute approximate surface area is 195 Å². The second-order valence-electron chi connectivity index (χ2n) is 8.20. The van der Waals surface area contributed by atoms with Crippen molar-refractivity contribution in [3.05, 3.63) is 53.3 Å². The van der Waals surface area contributed by atoms with Gasteiger partial charge in [-0.2, -0.15) is 0 Å². The lowest BCUT2D eigenvalue weighted by molar-refractivity contribution is 0.0725. The van der Waals surface area contributed by atoms with Gasteiger partial charge in [-0.15, -0.1) is 0 Å². The van der Waals surface area contributed by atoms with E-state index < -0.39 is 40.8 Å². The second-order valence-corrected chi connectivity index (χ2v) is 10.1. The summed E-state index contributed by atoms with van der Waals surface area (Å²) in [5.74, 6) is -0.717. The number of hydrogen-bond acceptors (Lipinski definition) is 5. The standard InChI is InChI=1S/C23H24F3N3O4S/c1-13-16-10-17-19(11-18(16)29(34(3,31)32)9-8-28(13)12-20(25)26)33-22(21(17)23(30)27-2)14-4-6-15(24)7-5-14/h4-7,10-11,13,20H,8-9,12H2,1-3H3,(H,27,30). The number of carbonyl (C=O) groups excluding carboxylic acids is 1. The number of alkyl halides is 2. The summed E-state index contributed by atoms with van der Waals surface area (Å²) in [5.41, 5.74) is 1.68. The van der Waals surface area contributed by atoms with Gasteiger partial charge in [-0.05, 0) is 42.8 Å². The number of benzene rings is 2. The summed E-state index contributed by atoms with van der Waals surface area (Å²) in [5, 5.41) is 2.96. The van der Waals surface area contributed by atoms with E-state index in [9.17, 15) is 26.4 Å². The van der Waals surface area contributed by atoms with Gasteiger partial charge in [0.25, 0.3) is 12.3 Å². The summed E-state index contributed by atoms with van der Waals surface area (Å²) in [6.45, 7) is 1.30. The van der Waals surface area contributed by atoms with Crippen LogP contribution in [0.3, 0.4) is 0 Å². The van der Waals surface area contributed by atoms with Crippen LogP contribution in [-0.4, -0.2) is 58.6 Å². The van der Waals surface area contributed by atoms with Gasteiger partial charge in [0.15, 0.2) is 0 Å². The van der Waals surface area contributed by atoms with Crippen molar-refractivity contribution < 1.29 is 30.8 Å². The minimum Gasteiger partial charge on any atom is -0.455 e. The first kappa shape index (κ1) is 24.1. The molecule has 0 saturated heterocycles. The number of carbonyl (C=O) groups is 1. The van der Waals surface area contributed by atoms with Gasteiger partial charge in [0, 0.05) is 43.2 Å². The largest absolute Gasteiger partial charge is 0.455 e. The van der Waals surface area contributed by atoms with E-state index in [1.165, 1.54) is 46.6 Å². The maximum Gasteiger partial charge on any atom is 0.255 e. The van der Waals surface area contributed by atoms with Crippen molar-refractivity contribution in [2.24, 2.45) is 0 Å². The molecule has 1 aliphatic heterocycles. The van der Waals surface area contributed by atoms with Crippen molar-refractivity contribution in [3.8, 4) is 11.3 Å². The molecule has 0 aliphatic carbocycles. The molecule has 11 heteroatoms. The number of amides is 1. The van der Waals surface area contributed by atoms with E-state index in [0.717, 1.165) is 6.26 Å². The second kappa shape index (κ2) is 8.95. The first-order valence-corrected chi connectivity index (χ1v) is 12.4. The molecule has 3 aromatic rings. The first-order valence-electron chi connectivity index (χ1n) is 10.6. The molecule has 182 valence electrons. The van der Waals surface area contributed by atoms with Crippen molar-refractivity contribution in [2.75, 3.05) is 37.2 Å². The zero-order valence-corrected chi connectivity index (χ0v) is 19.6. The van der Waals surface area contributed by atoms with Crippen molar-refractivity contribution in [2.45, 2.75) is 19.4 Å². The zero-order chi connectivity index (χ0) is 24.8. The highest BCUT2D eigenvalue weighted by Crippen LogP contribution is 2.42. The van der Waals surface area contributed by atoms with Gasteiger partial charge in [0.2, 0.25) is 10.0 Å². The number of sulfonamides is 1. The molecule has 1 unspecified atom stereocenters. The summed E-state index contributed by atoms with van der Waals surface area (Å²) in [7, 11) is -2.28. The Morgan fingerprint density at radius 3 is 2.47 bits per heavy atom. The van der Waals surface area contributed by atoms with E-state index in [1.807, 2.05) is 0 Å². The summed E-state index contributed by atoms with van der Waals surface area (Å²) in [6.07, 6.45) is -1.55. The summed E-state index contributed by atoms with van der Waals surface area (Å²) < 4.78 is 72.3. The van der Waals surface area contributed by atoms with E-state index >= 15 is 0 Å². The zero-order valence-electron chi connectivity index (χ0n) is 18.8. The quantitative estimate of drug-likeness (QED) is 0.579. The van der Waals surface area contributed by atoms with E-state index in [-0.39, 0.29) is 30.0 Å². The fourth-order valence-corrected chi connectivity index (χ4v) is 5.28. The van der Waals surface area contributed by atoms with E-state index in [1.54, 1.807) is 13.0 Å². The summed E-state index contributed by atoms with van der Waals surface area (Å²) in [6, 6.07) is 8.01. The maximum atomic E-state index is 13.5. The molecular formula is C23H24F3N3O4S. The number of nitrogens with zero attached hydrogens (tertiary/aromatic N) is 2. The number of fused-ring (bicyclic) bond motifs is 2. The molecule has 0 bridgehead atoms.